The van der Waals surface area contributed by atoms with Crippen molar-refractivity contribution in [3.8, 4) is 0 Å². The van der Waals surface area contributed by atoms with Gasteiger partial charge < -0.3 is 4.74 Å². The van der Waals surface area contributed by atoms with Gasteiger partial charge in [0.1, 0.15) is 5.69 Å². The lowest BCUT2D eigenvalue weighted by Gasteiger charge is -2.26. The van der Waals surface area contributed by atoms with Crippen molar-refractivity contribution in [1.82, 2.24) is 9.88 Å². The summed E-state index contributed by atoms with van der Waals surface area (Å²) in [5, 5.41) is 0. The molecule has 0 amide bonds. The lowest BCUT2D eigenvalue weighted by atomic mass is 10.1. The fourth-order valence-electron chi connectivity index (χ4n) is 1.94. The molecule has 1 aliphatic heterocycles. The molecule has 0 N–H and O–H groups in total. The SMILES string of the molecule is O=Cc1ncc(CN2CCOCC2)cc1C(F)(F)F. The van der Waals surface area contributed by atoms with Gasteiger partial charge in [-0.25, -0.2) is 0 Å². The maximum Gasteiger partial charge on any atom is 0.418 e. The number of morpholine rings is 1. The van der Waals surface area contributed by atoms with E-state index in [2.05, 4.69) is 4.98 Å². The first-order valence-corrected chi connectivity index (χ1v) is 5.82. The average molecular weight is 274 g/mol. The van der Waals surface area contributed by atoms with Gasteiger partial charge >= 0.3 is 6.18 Å². The number of carbonyl (C=O) groups is 1. The van der Waals surface area contributed by atoms with Crippen molar-refractivity contribution in [2.45, 2.75) is 12.7 Å². The van der Waals surface area contributed by atoms with Gasteiger partial charge in [-0.15, -0.1) is 0 Å². The number of alkyl halides is 3. The predicted molar refractivity (Wildman–Crippen MR) is 60.7 cm³/mol. The number of aromatic nitrogens is 1. The molecule has 0 radical (unpaired) electrons. The third kappa shape index (κ3) is 3.51. The third-order valence-electron chi connectivity index (χ3n) is 2.90. The molecule has 4 nitrogen and oxygen atoms in total. The minimum atomic E-state index is -4.57. The van der Waals surface area contributed by atoms with Crippen molar-refractivity contribution in [2.24, 2.45) is 0 Å². The first-order chi connectivity index (χ1) is 9.00. The fourth-order valence-corrected chi connectivity index (χ4v) is 1.94. The number of pyridine rings is 1. The standard InChI is InChI=1S/C12H13F3N2O2/c13-12(14,15)10-5-9(6-16-11(10)8-18)7-17-1-3-19-4-2-17/h5-6,8H,1-4,7H2. The second-order valence-corrected chi connectivity index (χ2v) is 4.28. The molecule has 0 bridgehead atoms. The van der Waals surface area contributed by atoms with Crippen LogP contribution in [0.1, 0.15) is 21.6 Å². The van der Waals surface area contributed by atoms with Crippen molar-refractivity contribution in [3.63, 3.8) is 0 Å². The summed E-state index contributed by atoms with van der Waals surface area (Å²) >= 11 is 0. The molecule has 19 heavy (non-hydrogen) atoms. The maximum atomic E-state index is 12.8. The molecular formula is C12H13F3N2O2. The van der Waals surface area contributed by atoms with Crippen molar-refractivity contribution in [3.05, 3.63) is 29.1 Å². The van der Waals surface area contributed by atoms with Gasteiger partial charge in [0.2, 0.25) is 0 Å². The van der Waals surface area contributed by atoms with Gasteiger partial charge in [-0.2, -0.15) is 13.2 Å². The molecule has 0 aromatic carbocycles. The van der Waals surface area contributed by atoms with Crippen LogP contribution in [0.15, 0.2) is 12.3 Å². The second-order valence-electron chi connectivity index (χ2n) is 4.28. The Labute approximate surface area is 108 Å². The number of carbonyl (C=O) groups excluding carboxylic acids is 1. The highest BCUT2D eigenvalue weighted by Gasteiger charge is 2.34. The lowest BCUT2D eigenvalue weighted by molar-refractivity contribution is -0.138. The summed E-state index contributed by atoms with van der Waals surface area (Å²) in [5.74, 6) is 0. The van der Waals surface area contributed by atoms with Crippen molar-refractivity contribution < 1.29 is 22.7 Å². The highest BCUT2D eigenvalue weighted by molar-refractivity contribution is 5.74. The van der Waals surface area contributed by atoms with Crippen LogP contribution in [-0.2, 0) is 17.5 Å². The van der Waals surface area contributed by atoms with Gasteiger partial charge in [0.15, 0.2) is 6.29 Å². The van der Waals surface area contributed by atoms with E-state index in [-0.39, 0.29) is 6.29 Å². The molecule has 0 saturated carbocycles. The largest absolute Gasteiger partial charge is 0.418 e. The van der Waals surface area contributed by atoms with E-state index in [1.54, 1.807) is 0 Å². The highest BCUT2D eigenvalue weighted by atomic mass is 19.4. The van der Waals surface area contributed by atoms with E-state index in [1.807, 2.05) is 4.90 Å². The van der Waals surface area contributed by atoms with Crippen LogP contribution in [0.25, 0.3) is 0 Å². The van der Waals surface area contributed by atoms with E-state index in [4.69, 9.17) is 4.74 Å². The Morgan fingerprint density at radius 1 is 1.37 bits per heavy atom. The Balaban J connectivity index is 2.20. The minimum Gasteiger partial charge on any atom is -0.379 e. The van der Waals surface area contributed by atoms with Crippen LogP contribution in [0.5, 0.6) is 0 Å². The quantitative estimate of drug-likeness (QED) is 0.787. The van der Waals surface area contributed by atoms with Crippen LogP contribution in [0, 0.1) is 0 Å². The molecule has 0 aliphatic carbocycles. The predicted octanol–water partition coefficient (Wildman–Crippen LogP) is 1.75. The van der Waals surface area contributed by atoms with Crippen LogP contribution >= 0.6 is 0 Å². The molecule has 1 fully saturated rings. The summed E-state index contributed by atoms with van der Waals surface area (Å²) < 4.78 is 43.5. The van der Waals surface area contributed by atoms with E-state index in [9.17, 15) is 18.0 Å². The molecule has 0 spiro atoms. The number of hydrogen-bond donors (Lipinski definition) is 0. The highest BCUT2D eigenvalue weighted by Crippen LogP contribution is 2.31. The van der Waals surface area contributed by atoms with Crippen LogP contribution in [0.2, 0.25) is 0 Å². The number of hydrogen-bond acceptors (Lipinski definition) is 4. The lowest BCUT2D eigenvalue weighted by Crippen LogP contribution is -2.35. The van der Waals surface area contributed by atoms with Crippen molar-refractivity contribution >= 4 is 6.29 Å². The zero-order valence-electron chi connectivity index (χ0n) is 10.1. The smallest absolute Gasteiger partial charge is 0.379 e. The number of aldehydes is 1. The molecule has 1 aliphatic rings. The van der Waals surface area contributed by atoms with Gasteiger partial charge in [0, 0.05) is 25.8 Å². The van der Waals surface area contributed by atoms with Crippen LogP contribution in [0.4, 0.5) is 13.2 Å². The molecular weight excluding hydrogens is 261 g/mol. The van der Waals surface area contributed by atoms with E-state index in [0.29, 0.717) is 38.4 Å². The van der Waals surface area contributed by atoms with Gasteiger partial charge in [0.25, 0.3) is 0 Å². The van der Waals surface area contributed by atoms with E-state index in [0.717, 1.165) is 6.07 Å². The van der Waals surface area contributed by atoms with Gasteiger partial charge in [-0.05, 0) is 11.6 Å². The minimum absolute atomic E-state index is 0.126. The average Bonchev–Trinajstić information content (AvgIpc) is 2.39. The first-order valence-electron chi connectivity index (χ1n) is 5.82. The van der Waals surface area contributed by atoms with E-state index in [1.165, 1.54) is 6.20 Å². The summed E-state index contributed by atoms with van der Waals surface area (Å²) in [5.41, 5.74) is -1.11. The van der Waals surface area contributed by atoms with Crippen LogP contribution in [-0.4, -0.2) is 42.5 Å². The Morgan fingerprint density at radius 2 is 2.05 bits per heavy atom. The monoisotopic (exact) mass is 274 g/mol. The summed E-state index contributed by atoms with van der Waals surface area (Å²) in [6.45, 7) is 2.88. The molecule has 2 rings (SSSR count). The van der Waals surface area contributed by atoms with Crippen molar-refractivity contribution in [1.29, 1.82) is 0 Å². The molecule has 1 saturated heterocycles. The van der Waals surface area contributed by atoms with E-state index >= 15 is 0 Å². The summed E-state index contributed by atoms with van der Waals surface area (Å²) in [6, 6.07) is 0.992. The number of halogens is 3. The second kappa shape index (κ2) is 5.66. The fraction of sp³-hybridized carbons (Fsp3) is 0.500. The molecule has 104 valence electrons. The normalized spacial score (nSPS) is 17.4. The van der Waals surface area contributed by atoms with Gasteiger partial charge in [-0.1, -0.05) is 0 Å². The number of ether oxygens (including phenoxy) is 1. The molecule has 1 aromatic rings. The van der Waals surface area contributed by atoms with E-state index < -0.39 is 17.4 Å². The third-order valence-corrected chi connectivity index (χ3v) is 2.90. The molecule has 7 heteroatoms. The number of rotatable bonds is 3. The molecule has 2 heterocycles. The van der Waals surface area contributed by atoms with Gasteiger partial charge in [0.05, 0.1) is 18.8 Å². The summed E-state index contributed by atoms with van der Waals surface area (Å²) in [7, 11) is 0. The zero-order chi connectivity index (χ0) is 13.9. The van der Waals surface area contributed by atoms with Crippen molar-refractivity contribution in [2.75, 3.05) is 26.3 Å². The zero-order valence-corrected chi connectivity index (χ0v) is 10.1. The maximum absolute atomic E-state index is 12.8. The summed E-state index contributed by atoms with van der Waals surface area (Å²) in [6.07, 6.45) is -3.12. The Kier molecular flexibility index (Phi) is 4.16. The Morgan fingerprint density at radius 3 is 2.63 bits per heavy atom. The molecule has 0 atom stereocenters. The number of nitrogens with zero attached hydrogens (tertiary/aromatic N) is 2. The topological polar surface area (TPSA) is 42.4 Å². The van der Waals surface area contributed by atoms with Crippen LogP contribution < -0.4 is 0 Å². The Bertz CT molecular complexity index is 457. The Hall–Kier alpha value is -1.47. The first kappa shape index (κ1) is 14.0. The molecule has 1 aromatic heterocycles. The summed E-state index contributed by atoms with van der Waals surface area (Å²) in [4.78, 5) is 16.2. The molecule has 0 unspecified atom stereocenters. The van der Waals surface area contributed by atoms with Gasteiger partial charge in [-0.3, -0.25) is 14.7 Å². The van der Waals surface area contributed by atoms with Crippen LogP contribution in [0.3, 0.4) is 0 Å².